The molecule has 7 N–H and O–H groups in total. The van der Waals surface area contributed by atoms with Crippen LogP contribution in [-0.4, -0.2) is 101 Å². The first-order valence-electron chi connectivity index (χ1n) is 13.0. The zero-order chi connectivity index (χ0) is 29.9. The normalized spacial score (nSPS) is 10.7. The van der Waals surface area contributed by atoms with Crippen molar-refractivity contribution in [3.8, 4) is 17.2 Å². The Bertz CT molecular complexity index is 1060. The maximum Gasteiger partial charge on any atom is 0.404 e. The number of carboxylic acid groups (broad SMARTS) is 1. The molecule has 2 amide bonds. The van der Waals surface area contributed by atoms with Gasteiger partial charge in [-0.2, -0.15) is 4.98 Å². The van der Waals surface area contributed by atoms with Gasteiger partial charge in [0, 0.05) is 44.5 Å². The molecule has 0 aliphatic rings. The molecule has 41 heavy (non-hydrogen) atoms. The molecule has 1 aromatic carbocycles. The average Bonchev–Trinajstić information content (AvgIpc) is 2.95. The minimum atomic E-state index is -1.04. The van der Waals surface area contributed by atoms with E-state index < -0.39 is 6.09 Å². The number of hydrogen-bond donors (Lipinski definition) is 5. The van der Waals surface area contributed by atoms with Crippen LogP contribution in [0.3, 0.4) is 0 Å². The molecule has 2 aromatic rings. The summed E-state index contributed by atoms with van der Waals surface area (Å²) < 4.78 is 32.9. The predicted molar refractivity (Wildman–Crippen MR) is 149 cm³/mol. The summed E-state index contributed by atoms with van der Waals surface area (Å²) in [5.74, 6) is 1.19. The monoisotopic (exact) mass is 580 g/mol. The number of carbonyl (C=O) groups is 2. The van der Waals surface area contributed by atoms with Crippen molar-refractivity contribution in [1.82, 2.24) is 20.6 Å². The molecule has 0 unspecified atom stereocenters. The van der Waals surface area contributed by atoms with Gasteiger partial charge in [-0.1, -0.05) is 0 Å². The lowest BCUT2D eigenvalue weighted by atomic mass is 10.1. The molecule has 15 nitrogen and oxygen atoms in total. The van der Waals surface area contributed by atoms with Gasteiger partial charge in [0.1, 0.15) is 5.82 Å². The summed E-state index contributed by atoms with van der Waals surface area (Å²) in [4.78, 5) is 30.5. The van der Waals surface area contributed by atoms with Crippen molar-refractivity contribution in [3.05, 3.63) is 29.5 Å². The van der Waals surface area contributed by atoms with Crippen LogP contribution in [0.1, 0.15) is 24.0 Å². The van der Waals surface area contributed by atoms with Gasteiger partial charge in [-0.25, -0.2) is 9.78 Å². The number of aromatic nitrogens is 2. The average molecular weight is 581 g/mol. The molecule has 0 spiro atoms. The molecule has 0 aliphatic carbocycles. The summed E-state index contributed by atoms with van der Waals surface area (Å²) in [6.45, 7) is 3.18. The third kappa shape index (κ3) is 13.2. The molecule has 1 heterocycles. The van der Waals surface area contributed by atoms with E-state index in [1.165, 1.54) is 14.2 Å². The quantitative estimate of drug-likeness (QED) is 0.130. The van der Waals surface area contributed by atoms with E-state index in [0.717, 1.165) is 5.56 Å². The van der Waals surface area contributed by atoms with E-state index in [1.807, 2.05) is 0 Å². The van der Waals surface area contributed by atoms with Crippen LogP contribution in [0.2, 0.25) is 0 Å². The first-order chi connectivity index (χ1) is 19.8. The summed E-state index contributed by atoms with van der Waals surface area (Å²) in [6.07, 6.45) is 2.17. The van der Waals surface area contributed by atoms with Crippen molar-refractivity contribution < 1.29 is 43.1 Å². The maximum absolute atomic E-state index is 12.3. The number of methoxy groups -OCH3 is 2. The third-order valence-electron chi connectivity index (χ3n) is 5.45. The molecule has 0 radical (unpaired) electrons. The van der Waals surface area contributed by atoms with E-state index in [1.54, 1.807) is 18.3 Å². The Morgan fingerprint density at radius 2 is 1.44 bits per heavy atom. The molecule has 1 aromatic heterocycles. The minimum absolute atomic E-state index is 0.0992. The van der Waals surface area contributed by atoms with Gasteiger partial charge in [0.05, 0.1) is 40.6 Å². The highest BCUT2D eigenvalue weighted by molar-refractivity contribution is 5.77. The van der Waals surface area contributed by atoms with E-state index >= 15 is 0 Å². The number of rotatable bonds is 21. The Kier molecular flexibility index (Phi) is 15.4. The fraction of sp³-hybridized carbons (Fsp3) is 0.538. The first-order valence-corrected chi connectivity index (χ1v) is 13.0. The van der Waals surface area contributed by atoms with Gasteiger partial charge >= 0.3 is 6.09 Å². The van der Waals surface area contributed by atoms with Crippen LogP contribution >= 0.6 is 0 Å². The highest BCUT2D eigenvalue weighted by Crippen LogP contribution is 2.39. The topological polar surface area (TPSA) is 212 Å². The maximum atomic E-state index is 12.3. The van der Waals surface area contributed by atoms with Crippen LogP contribution in [0.15, 0.2) is 18.3 Å². The molecule has 0 saturated heterocycles. The van der Waals surface area contributed by atoms with Crippen molar-refractivity contribution in [2.24, 2.45) is 0 Å². The lowest BCUT2D eigenvalue weighted by Gasteiger charge is -2.16. The number of nitrogens with one attached hydrogen (secondary N) is 2. The number of benzene rings is 1. The summed E-state index contributed by atoms with van der Waals surface area (Å²) in [5, 5.41) is 13.5. The van der Waals surface area contributed by atoms with Gasteiger partial charge < -0.3 is 55.6 Å². The van der Waals surface area contributed by atoms with Crippen LogP contribution in [0.25, 0.3) is 0 Å². The SMILES string of the molecule is COc1cc(Cc2cnc(N)nc2N)cc(OC)c1OCC(=O)NCCCOCCOCCOCCCNC(=O)O. The van der Waals surface area contributed by atoms with Gasteiger partial charge in [0.15, 0.2) is 18.1 Å². The van der Waals surface area contributed by atoms with Crippen LogP contribution in [0, 0.1) is 0 Å². The Morgan fingerprint density at radius 1 is 0.878 bits per heavy atom. The summed E-state index contributed by atoms with van der Waals surface area (Å²) in [5.41, 5.74) is 13.0. The van der Waals surface area contributed by atoms with Crippen LogP contribution in [0.4, 0.5) is 16.6 Å². The molecule has 0 fully saturated rings. The Hall–Kier alpha value is -4.08. The standard InChI is InChI=1S/C26H40N6O9/c1-36-20-14-18(13-19-16-31-25(28)32-24(19)27)15-21(37-2)23(20)41-17-22(33)29-5-3-7-38-9-11-40-12-10-39-8-4-6-30-26(34)35/h14-16,30H,3-13,17H2,1-2H3,(H,29,33)(H,34,35)(H4,27,28,31,32). The fourth-order valence-corrected chi connectivity index (χ4v) is 3.47. The van der Waals surface area contributed by atoms with Gasteiger partial charge in [0.25, 0.3) is 5.91 Å². The smallest absolute Gasteiger partial charge is 0.404 e. The number of carbonyl (C=O) groups excluding carboxylic acids is 1. The summed E-state index contributed by atoms with van der Waals surface area (Å²) >= 11 is 0. The second kappa shape index (κ2) is 19.1. The fourth-order valence-electron chi connectivity index (χ4n) is 3.47. The van der Waals surface area contributed by atoms with Crippen LogP contribution in [-0.2, 0) is 25.4 Å². The van der Waals surface area contributed by atoms with E-state index in [2.05, 4.69) is 20.6 Å². The molecule has 2 rings (SSSR count). The van der Waals surface area contributed by atoms with Crippen LogP contribution < -0.4 is 36.3 Å². The first kappa shape index (κ1) is 33.1. The number of nitrogen functional groups attached to an aromatic ring is 2. The molecule has 0 aliphatic heterocycles. The Balaban J connectivity index is 1.61. The largest absolute Gasteiger partial charge is 0.493 e. The lowest BCUT2D eigenvalue weighted by Crippen LogP contribution is -2.30. The Morgan fingerprint density at radius 3 is 1.98 bits per heavy atom. The number of nitrogens with two attached hydrogens (primary N) is 2. The van der Waals surface area contributed by atoms with Gasteiger partial charge in [-0.3, -0.25) is 4.79 Å². The summed E-state index contributed by atoms with van der Waals surface area (Å²) in [7, 11) is 2.99. The lowest BCUT2D eigenvalue weighted by molar-refractivity contribution is -0.123. The number of nitrogens with zero attached hydrogens (tertiary/aromatic N) is 2. The number of anilines is 2. The highest BCUT2D eigenvalue weighted by Gasteiger charge is 2.17. The van der Waals surface area contributed by atoms with Crippen molar-refractivity contribution in [2.75, 3.05) is 85.0 Å². The number of hydrogen-bond acceptors (Lipinski definition) is 12. The molecule has 0 bridgehead atoms. The third-order valence-corrected chi connectivity index (χ3v) is 5.45. The van der Waals surface area contributed by atoms with Crippen molar-refractivity contribution in [2.45, 2.75) is 19.3 Å². The van der Waals surface area contributed by atoms with Crippen molar-refractivity contribution >= 4 is 23.8 Å². The minimum Gasteiger partial charge on any atom is -0.493 e. The van der Waals surface area contributed by atoms with E-state index in [0.29, 0.717) is 94.8 Å². The number of amides is 2. The van der Waals surface area contributed by atoms with Crippen LogP contribution in [0.5, 0.6) is 17.2 Å². The molecule has 0 saturated carbocycles. The van der Waals surface area contributed by atoms with Crippen molar-refractivity contribution in [1.29, 1.82) is 0 Å². The summed E-state index contributed by atoms with van der Waals surface area (Å²) in [6, 6.07) is 3.53. The zero-order valence-electron chi connectivity index (χ0n) is 23.5. The van der Waals surface area contributed by atoms with Gasteiger partial charge in [-0.15, -0.1) is 0 Å². The zero-order valence-corrected chi connectivity index (χ0v) is 23.5. The molecule has 15 heteroatoms. The second-order valence-corrected chi connectivity index (χ2v) is 8.56. The van der Waals surface area contributed by atoms with Gasteiger partial charge in [0.2, 0.25) is 11.7 Å². The Labute approximate surface area is 238 Å². The van der Waals surface area contributed by atoms with E-state index in [4.69, 9.17) is 45.0 Å². The predicted octanol–water partition coefficient (Wildman–Crippen LogP) is 0.842. The second-order valence-electron chi connectivity index (χ2n) is 8.56. The molecular weight excluding hydrogens is 540 g/mol. The highest BCUT2D eigenvalue weighted by atomic mass is 16.5. The van der Waals surface area contributed by atoms with E-state index in [-0.39, 0.29) is 24.3 Å². The molecular formula is C26H40N6O9. The number of ether oxygens (including phenoxy) is 6. The van der Waals surface area contributed by atoms with Crippen molar-refractivity contribution in [3.63, 3.8) is 0 Å². The van der Waals surface area contributed by atoms with Gasteiger partial charge in [-0.05, 0) is 30.5 Å². The molecule has 228 valence electrons. The van der Waals surface area contributed by atoms with E-state index in [9.17, 15) is 9.59 Å². The molecule has 0 atom stereocenters.